The van der Waals surface area contributed by atoms with E-state index in [-0.39, 0.29) is 11.5 Å². The van der Waals surface area contributed by atoms with Gasteiger partial charge in [0, 0.05) is 22.7 Å². The molecule has 2 rings (SSSR count). The van der Waals surface area contributed by atoms with Crippen LogP contribution in [0.15, 0.2) is 47.4 Å². The van der Waals surface area contributed by atoms with Crippen LogP contribution in [-0.2, 0) is 26.2 Å². The number of nitrogens with zero attached hydrogens (tertiary/aromatic N) is 1. The molecule has 0 fully saturated rings. The van der Waals surface area contributed by atoms with E-state index in [1.165, 1.54) is 13.1 Å². The van der Waals surface area contributed by atoms with Gasteiger partial charge in [-0.3, -0.25) is 4.79 Å². The second kappa shape index (κ2) is 8.14. The van der Waals surface area contributed by atoms with Crippen molar-refractivity contribution in [2.24, 2.45) is 0 Å². The summed E-state index contributed by atoms with van der Waals surface area (Å²) in [6, 6.07) is 9.03. The lowest BCUT2D eigenvalue weighted by atomic mass is 10.2. The molecule has 0 aliphatic heterocycles. The summed E-state index contributed by atoms with van der Waals surface area (Å²) < 4.78 is 43.4. The van der Waals surface area contributed by atoms with Gasteiger partial charge in [-0.05, 0) is 36.4 Å². The van der Waals surface area contributed by atoms with E-state index in [0.29, 0.717) is 15.6 Å². The summed E-state index contributed by atoms with van der Waals surface area (Å²) >= 11 is 11.7. The number of esters is 1. The van der Waals surface area contributed by atoms with Crippen LogP contribution in [-0.4, -0.2) is 32.3 Å². The second-order valence-corrected chi connectivity index (χ2v) is 8.00. The highest BCUT2D eigenvalue weighted by Crippen LogP contribution is 2.21. The van der Waals surface area contributed by atoms with Crippen LogP contribution in [0.5, 0.6) is 0 Å². The summed E-state index contributed by atoms with van der Waals surface area (Å²) in [4.78, 5) is 11.8. The maximum Gasteiger partial charge on any atom is 0.321 e. The lowest BCUT2D eigenvalue weighted by Crippen LogP contribution is -2.33. The molecule has 0 radical (unpaired) electrons. The van der Waals surface area contributed by atoms with E-state index >= 15 is 0 Å². The van der Waals surface area contributed by atoms with Crippen molar-refractivity contribution < 1.29 is 22.3 Å². The van der Waals surface area contributed by atoms with Crippen LogP contribution in [0.25, 0.3) is 0 Å². The van der Waals surface area contributed by atoms with Gasteiger partial charge < -0.3 is 4.74 Å². The van der Waals surface area contributed by atoms with E-state index in [1.54, 1.807) is 12.1 Å². The number of carbonyl (C=O) groups is 1. The Morgan fingerprint density at radius 2 is 1.80 bits per heavy atom. The van der Waals surface area contributed by atoms with E-state index in [0.717, 1.165) is 28.6 Å². The summed E-state index contributed by atoms with van der Waals surface area (Å²) in [6.45, 7) is -0.607. The van der Waals surface area contributed by atoms with Crippen LogP contribution in [0.4, 0.5) is 4.39 Å². The van der Waals surface area contributed by atoms with Gasteiger partial charge >= 0.3 is 5.97 Å². The highest BCUT2D eigenvalue weighted by molar-refractivity contribution is 7.89. The Morgan fingerprint density at radius 1 is 1.16 bits per heavy atom. The Balaban J connectivity index is 1.98. The summed E-state index contributed by atoms with van der Waals surface area (Å²) in [7, 11) is -2.69. The minimum atomic E-state index is -3.93. The van der Waals surface area contributed by atoms with Crippen molar-refractivity contribution in [3.05, 3.63) is 63.9 Å². The lowest BCUT2D eigenvalue weighted by molar-refractivity contribution is -0.144. The van der Waals surface area contributed by atoms with Crippen molar-refractivity contribution in [1.29, 1.82) is 0 Å². The number of carbonyl (C=O) groups excluding carboxylic acids is 1. The number of halogens is 3. The smallest absolute Gasteiger partial charge is 0.321 e. The Morgan fingerprint density at radius 3 is 2.40 bits per heavy atom. The fourth-order valence-electron chi connectivity index (χ4n) is 1.90. The molecule has 9 heteroatoms. The summed E-state index contributed by atoms with van der Waals surface area (Å²) in [5, 5.41) is 0.790. The van der Waals surface area contributed by atoms with Crippen molar-refractivity contribution >= 4 is 39.2 Å². The number of rotatable bonds is 6. The van der Waals surface area contributed by atoms with Gasteiger partial charge in [-0.15, -0.1) is 0 Å². The SMILES string of the molecule is CN(CC(=O)OCc1ccc(Cl)cc1Cl)S(=O)(=O)c1ccc(F)cc1. The molecule has 0 N–H and O–H groups in total. The quantitative estimate of drug-likeness (QED) is 0.689. The van der Waals surface area contributed by atoms with Crippen molar-refractivity contribution in [2.45, 2.75) is 11.5 Å². The molecule has 2 aromatic carbocycles. The second-order valence-electron chi connectivity index (χ2n) is 5.11. The molecule has 0 aliphatic carbocycles. The molecule has 25 heavy (non-hydrogen) atoms. The number of likely N-dealkylation sites (N-methyl/N-ethyl adjacent to an activating group) is 1. The zero-order chi connectivity index (χ0) is 18.6. The van der Waals surface area contributed by atoms with E-state index < -0.39 is 28.4 Å². The standard InChI is InChI=1S/C16H14Cl2FNO4S/c1-20(25(22,23)14-6-4-13(19)5-7-14)9-16(21)24-10-11-2-3-12(17)8-15(11)18/h2-8H,9-10H2,1H3. The minimum Gasteiger partial charge on any atom is -0.460 e. The van der Waals surface area contributed by atoms with Crippen molar-refractivity contribution in [1.82, 2.24) is 4.31 Å². The largest absolute Gasteiger partial charge is 0.460 e. The molecule has 5 nitrogen and oxygen atoms in total. The molecule has 0 spiro atoms. The zero-order valence-corrected chi connectivity index (χ0v) is 15.4. The molecule has 0 aliphatic rings. The van der Waals surface area contributed by atoms with Crippen molar-refractivity contribution in [3.8, 4) is 0 Å². The van der Waals surface area contributed by atoms with Crippen molar-refractivity contribution in [3.63, 3.8) is 0 Å². The summed E-state index contributed by atoms with van der Waals surface area (Å²) in [5.74, 6) is -1.31. The van der Waals surface area contributed by atoms with Gasteiger partial charge in [0.2, 0.25) is 10.0 Å². The predicted octanol–water partition coefficient (Wildman–Crippen LogP) is 3.50. The predicted molar refractivity (Wildman–Crippen MR) is 92.5 cm³/mol. The third kappa shape index (κ3) is 5.15. The molecule has 0 heterocycles. The number of ether oxygens (including phenoxy) is 1. The van der Waals surface area contributed by atoms with Crippen LogP contribution < -0.4 is 0 Å². The number of sulfonamides is 1. The molecule has 0 amide bonds. The number of hydrogen-bond donors (Lipinski definition) is 0. The topological polar surface area (TPSA) is 63.7 Å². The van der Waals surface area contributed by atoms with Gasteiger partial charge in [-0.1, -0.05) is 29.3 Å². The fourth-order valence-corrected chi connectivity index (χ4v) is 3.47. The van der Waals surface area contributed by atoms with Crippen LogP contribution >= 0.6 is 23.2 Å². The average Bonchev–Trinajstić information content (AvgIpc) is 2.54. The first-order chi connectivity index (χ1) is 11.7. The first-order valence-electron chi connectivity index (χ1n) is 7.01. The molecule has 134 valence electrons. The van der Waals surface area contributed by atoms with E-state index in [4.69, 9.17) is 27.9 Å². The van der Waals surface area contributed by atoms with Crippen LogP contribution in [0.3, 0.4) is 0 Å². The molecule has 0 bridgehead atoms. The van der Waals surface area contributed by atoms with Gasteiger partial charge in [-0.2, -0.15) is 4.31 Å². The minimum absolute atomic E-state index is 0.112. The highest BCUT2D eigenvalue weighted by Gasteiger charge is 2.23. The monoisotopic (exact) mass is 405 g/mol. The molecule has 0 unspecified atom stereocenters. The Labute approximate surface area is 155 Å². The molecule has 0 saturated carbocycles. The first-order valence-corrected chi connectivity index (χ1v) is 9.21. The van der Waals surface area contributed by atoms with Gasteiger partial charge in [0.25, 0.3) is 0 Å². The third-order valence-corrected chi connectivity index (χ3v) is 5.68. The van der Waals surface area contributed by atoms with Crippen LogP contribution in [0.2, 0.25) is 10.0 Å². The molecule has 2 aromatic rings. The van der Waals surface area contributed by atoms with Crippen molar-refractivity contribution in [2.75, 3.05) is 13.6 Å². The normalized spacial score (nSPS) is 11.6. The van der Waals surface area contributed by atoms with Crippen LogP contribution in [0.1, 0.15) is 5.56 Å². The maximum atomic E-state index is 12.9. The van der Waals surface area contributed by atoms with Gasteiger partial charge in [-0.25, -0.2) is 12.8 Å². The van der Waals surface area contributed by atoms with E-state index in [9.17, 15) is 17.6 Å². The third-order valence-electron chi connectivity index (χ3n) is 3.28. The van der Waals surface area contributed by atoms with E-state index in [2.05, 4.69) is 0 Å². The van der Waals surface area contributed by atoms with Gasteiger partial charge in [0.15, 0.2) is 0 Å². The average molecular weight is 406 g/mol. The molecule has 0 atom stereocenters. The van der Waals surface area contributed by atoms with Gasteiger partial charge in [0.05, 0.1) is 4.90 Å². The zero-order valence-electron chi connectivity index (χ0n) is 13.1. The fraction of sp³-hybridized carbons (Fsp3) is 0.188. The Hall–Kier alpha value is -1.67. The summed E-state index contributed by atoms with van der Waals surface area (Å²) in [5.41, 5.74) is 0.545. The Bertz CT molecular complexity index is 872. The molecular formula is C16H14Cl2FNO4S. The van der Waals surface area contributed by atoms with Crippen LogP contribution in [0, 0.1) is 5.82 Å². The molecule has 0 aromatic heterocycles. The number of hydrogen-bond acceptors (Lipinski definition) is 4. The first kappa shape index (κ1) is 19.7. The van der Waals surface area contributed by atoms with Gasteiger partial charge in [0.1, 0.15) is 19.0 Å². The summed E-state index contributed by atoms with van der Waals surface area (Å²) in [6.07, 6.45) is 0. The van der Waals surface area contributed by atoms with E-state index in [1.807, 2.05) is 0 Å². The number of benzene rings is 2. The lowest BCUT2D eigenvalue weighted by Gasteiger charge is -2.16. The molecular weight excluding hydrogens is 392 g/mol. The Kier molecular flexibility index (Phi) is 6.40. The molecule has 0 saturated heterocycles. The highest BCUT2D eigenvalue weighted by atomic mass is 35.5. The maximum absolute atomic E-state index is 12.9.